The van der Waals surface area contributed by atoms with E-state index in [0.29, 0.717) is 13.0 Å². The Labute approximate surface area is 112 Å². The summed E-state index contributed by atoms with van der Waals surface area (Å²) in [7, 11) is 0. The predicted molar refractivity (Wildman–Crippen MR) is 67.2 cm³/mol. The van der Waals surface area contributed by atoms with Gasteiger partial charge in [-0.3, -0.25) is 10.1 Å². The Morgan fingerprint density at radius 2 is 2.06 bits per heavy atom. The predicted octanol–water partition coefficient (Wildman–Crippen LogP) is 3.98. The molecule has 0 radical (unpaired) electrons. The van der Waals surface area contributed by atoms with Crippen LogP contribution < -0.4 is 4.74 Å². The van der Waals surface area contributed by atoms with Crippen molar-refractivity contribution in [1.82, 2.24) is 0 Å². The number of hydrogen-bond donors (Lipinski definition) is 0. The van der Waals surface area contributed by atoms with Crippen LogP contribution in [0, 0.1) is 10.1 Å². The number of halogens is 2. The first kappa shape index (κ1) is 14.4. The smallest absolute Gasteiger partial charge is 0.272 e. The molecule has 0 saturated carbocycles. The third-order valence-electron chi connectivity index (χ3n) is 1.91. The van der Waals surface area contributed by atoms with Crippen LogP contribution >= 0.6 is 23.2 Å². The molecule has 7 nitrogen and oxygen atoms in total. The summed E-state index contributed by atoms with van der Waals surface area (Å²) in [6.45, 7) is 0.537. The van der Waals surface area contributed by atoms with E-state index in [1.165, 1.54) is 0 Å². The van der Waals surface area contributed by atoms with Gasteiger partial charge < -0.3 is 4.74 Å². The number of non-ortho nitro benzene ring substituents is 1. The average molecular weight is 291 g/mol. The maximum Gasteiger partial charge on any atom is 0.272 e. The number of nitrogens with zero attached hydrogens (tertiary/aromatic N) is 4. The lowest BCUT2D eigenvalue weighted by Crippen LogP contribution is -2.00. The Morgan fingerprint density at radius 1 is 1.44 bits per heavy atom. The van der Waals surface area contributed by atoms with Gasteiger partial charge in [-0.05, 0) is 12.0 Å². The van der Waals surface area contributed by atoms with Gasteiger partial charge in [0.25, 0.3) is 5.69 Å². The minimum atomic E-state index is -0.594. The molecule has 0 aromatic heterocycles. The molecule has 1 rings (SSSR count). The molecule has 96 valence electrons. The second-order valence-corrected chi connectivity index (χ2v) is 3.97. The lowest BCUT2D eigenvalue weighted by Gasteiger charge is -2.08. The van der Waals surface area contributed by atoms with Crippen LogP contribution in [-0.2, 0) is 0 Å². The van der Waals surface area contributed by atoms with Crippen molar-refractivity contribution in [2.45, 2.75) is 6.42 Å². The molecule has 0 aliphatic heterocycles. The van der Waals surface area contributed by atoms with E-state index in [0.717, 1.165) is 12.1 Å². The summed E-state index contributed by atoms with van der Waals surface area (Å²) in [5.74, 6) is 0.185. The molecule has 0 fully saturated rings. The molecule has 0 aliphatic rings. The summed E-state index contributed by atoms with van der Waals surface area (Å²) < 4.78 is 5.28. The highest BCUT2D eigenvalue weighted by atomic mass is 35.5. The van der Waals surface area contributed by atoms with Gasteiger partial charge in [0, 0.05) is 23.6 Å². The van der Waals surface area contributed by atoms with Crippen LogP contribution in [0.25, 0.3) is 10.4 Å². The monoisotopic (exact) mass is 290 g/mol. The van der Waals surface area contributed by atoms with E-state index in [-0.39, 0.29) is 28.1 Å². The van der Waals surface area contributed by atoms with Crippen LogP contribution in [0.15, 0.2) is 17.2 Å². The summed E-state index contributed by atoms with van der Waals surface area (Å²) in [4.78, 5) is 12.5. The van der Waals surface area contributed by atoms with E-state index in [1.54, 1.807) is 0 Å². The first-order valence-corrected chi connectivity index (χ1v) is 5.59. The first-order valence-electron chi connectivity index (χ1n) is 4.83. The lowest BCUT2D eigenvalue weighted by molar-refractivity contribution is -0.384. The number of rotatable bonds is 6. The van der Waals surface area contributed by atoms with Crippen molar-refractivity contribution in [3.63, 3.8) is 0 Å². The van der Waals surface area contributed by atoms with Crippen molar-refractivity contribution in [3.05, 3.63) is 42.7 Å². The topological polar surface area (TPSA) is 101 Å². The van der Waals surface area contributed by atoms with Crippen molar-refractivity contribution in [2.75, 3.05) is 13.2 Å². The molecule has 0 saturated heterocycles. The van der Waals surface area contributed by atoms with E-state index < -0.39 is 4.92 Å². The van der Waals surface area contributed by atoms with Crippen LogP contribution in [0.1, 0.15) is 6.42 Å². The van der Waals surface area contributed by atoms with Crippen molar-refractivity contribution in [2.24, 2.45) is 5.11 Å². The maximum atomic E-state index is 10.5. The van der Waals surface area contributed by atoms with Gasteiger partial charge in [0.15, 0.2) is 5.75 Å². The van der Waals surface area contributed by atoms with Crippen molar-refractivity contribution >= 4 is 28.9 Å². The van der Waals surface area contributed by atoms with Gasteiger partial charge >= 0.3 is 0 Å². The van der Waals surface area contributed by atoms with Gasteiger partial charge in [0.1, 0.15) is 0 Å². The summed E-state index contributed by atoms with van der Waals surface area (Å²) in [5, 5.41) is 14.0. The second kappa shape index (κ2) is 6.90. The Morgan fingerprint density at radius 3 is 2.56 bits per heavy atom. The maximum absolute atomic E-state index is 10.5. The Kier molecular flexibility index (Phi) is 5.51. The minimum Gasteiger partial charge on any atom is -0.490 e. The van der Waals surface area contributed by atoms with Gasteiger partial charge in [0.05, 0.1) is 21.6 Å². The molecular weight excluding hydrogens is 283 g/mol. The zero-order valence-electron chi connectivity index (χ0n) is 9.05. The number of nitro benzene ring substituents is 1. The number of ether oxygens (including phenoxy) is 1. The Bertz CT molecular complexity index is 480. The van der Waals surface area contributed by atoms with Crippen LogP contribution in [0.2, 0.25) is 10.0 Å². The standard InChI is InChI=1S/C9H8Cl2N4O3/c10-7-4-6(15(16)17)5-8(11)9(7)18-3-1-2-13-14-12/h4-5H,1-3H2. The number of azide groups is 1. The average Bonchev–Trinajstić information content (AvgIpc) is 2.31. The van der Waals surface area contributed by atoms with E-state index in [9.17, 15) is 10.1 Å². The third-order valence-corrected chi connectivity index (χ3v) is 2.47. The lowest BCUT2D eigenvalue weighted by atomic mass is 10.3. The number of hydrogen-bond acceptors (Lipinski definition) is 4. The molecule has 18 heavy (non-hydrogen) atoms. The number of nitro groups is 1. The van der Waals surface area contributed by atoms with E-state index in [4.69, 9.17) is 33.5 Å². The van der Waals surface area contributed by atoms with E-state index in [2.05, 4.69) is 10.0 Å². The molecule has 0 bridgehead atoms. The Hall–Kier alpha value is -1.69. The molecule has 0 amide bonds. The molecule has 1 aromatic rings. The molecule has 0 unspecified atom stereocenters. The highest BCUT2D eigenvalue weighted by Crippen LogP contribution is 2.36. The molecule has 9 heteroatoms. The molecule has 0 N–H and O–H groups in total. The Balaban J connectivity index is 2.71. The van der Waals surface area contributed by atoms with Gasteiger partial charge in [-0.25, -0.2) is 0 Å². The van der Waals surface area contributed by atoms with Crippen LogP contribution in [-0.4, -0.2) is 18.1 Å². The zero-order chi connectivity index (χ0) is 13.5. The third kappa shape index (κ3) is 3.96. The molecule has 0 atom stereocenters. The summed E-state index contributed by atoms with van der Waals surface area (Å²) in [5.41, 5.74) is 7.86. The molecule has 0 spiro atoms. The first-order chi connectivity index (χ1) is 8.56. The van der Waals surface area contributed by atoms with Crippen molar-refractivity contribution in [1.29, 1.82) is 0 Å². The van der Waals surface area contributed by atoms with Crippen LogP contribution in [0.3, 0.4) is 0 Å². The molecule has 0 heterocycles. The number of benzene rings is 1. The van der Waals surface area contributed by atoms with Gasteiger partial charge in [-0.1, -0.05) is 28.3 Å². The highest BCUT2D eigenvalue weighted by molar-refractivity contribution is 6.37. The fourth-order valence-corrected chi connectivity index (χ4v) is 1.73. The largest absolute Gasteiger partial charge is 0.490 e. The van der Waals surface area contributed by atoms with Gasteiger partial charge in [-0.15, -0.1) is 0 Å². The van der Waals surface area contributed by atoms with Crippen LogP contribution in [0.4, 0.5) is 5.69 Å². The molecule has 0 aliphatic carbocycles. The van der Waals surface area contributed by atoms with Gasteiger partial charge in [0.2, 0.25) is 0 Å². The zero-order valence-corrected chi connectivity index (χ0v) is 10.6. The normalized spacial score (nSPS) is 9.67. The molecule has 1 aromatic carbocycles. The highest BCUT2D eigenvalue weighted by Gasteiger charge is 2.15. The van der Waals surface area contributed by atoms with Crippen molar-refractivity contribution < 1.29 is 9.66 Å². The SMILES string of the molecule is [N-]=[N+]=NCCCOc1c(Cl)cc([N+](=O)[O-])cc1Cl. The molecular formula is C9H8Cl2N4O3. The van der Waals surface area contributed by atoms with E-state index in [1.807, 2.05) is 0 Å². The van der Waals surface area contributed by atoms with Gasteiger partial charge in [-0.2, -0.15) is 0 Å². The second-order valence-electron chi connectivity index (χ2n) is 3.15. The quantitative estimate of drug-likeness (QED) is 0.198. The summed E-state index contributed by atoms with van der Waals surface area (Å²) >= 11 is 11.6. The van der Waals surface area contributed by atoms with E-state index >= 15 is 0 Å². The minimum absolute atomic E-state index is 0.0676. The van der Waals surface area contributed by atoms with Crippen molar-refractivity contribution in [3.8, 4) is 5.75 Å². The summed E-state index contributed by atoms with van der Waals surface area (Å²) in [6.07, 6.45) is 0.494. The fourth-order valence-electron chi connectivity index (χ4n) is 1.14. The van der Waals surface area contributed by atoms with Crippen LogP contribution in [0.5, 0.6) is 5.75 Å². The summed E-state index contributed by atoms with van der Waals surface area (Å²) in [6, 6.07) is 2.33. The fraction of sp³-hybridized carbons (Fsp3) is 0.333.